The van der Waals surface area contributed by atoms with Crippen molar-refractivity contribution in [2.24, 2.45) is 7.05 Å². The molecule has 0 aliphatic heterocycles. The average molecular weight is 359 g/mol. The van der Waals surface area contributed by atoms with E-state index in [4.69, 9.17) is 0 Å². The zero-order chi connectivity index (χ0) is 19.6. The van der Waals surface area contributed by atoms with Crippen molar-refractivity contribution in [3.05, 3.63) is 44.6 Å². The minimum Gasteiger partial charge on any atom is -0.345 e. The highest BCUT2D eigenvalue weighted by Crippen LogP contribution is 2.31. The summed E-state index contributed by atoms with van der Waals surface area (Å²) in [6, 6.07) is 4.01. The van der Waals surface area contributed by atoms with Gasteiger partial charge in [0.1, 0.15) is 5.69 Å². The van der Waals surface area contributed by atoms with Crippen molar-refractivity contribution in [3.63, 3.8) is 0 Å². The van der Waals surface area contributed by atoms with Gasteiger partial charge in [-0.2, -0.15) is 5.10 Å². The molecule has 1 heterocycles. The first-order valence-corrected chi connectivity index (χ1v) is 8.44. The smallest absolute Gasteiger partial charge is 0.334 e. The number of nitrogens with one attached hydrogen (secondary N) is 1. The van der Waals surface area contributed by atoms with Crippen LogP contribution in [-0.2, 0) is 18.3 Å². The van der Waals surface area contributed by atoms with E-state index in [0.29, 0.717) is 17.9 Å². The predicted molar refractivity (Wildman–Crippen MR) is 102 cm³/mol. The molecule has 0 atom stereocenters. The molecule has 1 aromatic carbocycles. The fraction of sp³-hybridized carbons (Fsp3) is 0.444. The molecule has 1 amide bonds. The number of hydrogen-bond acceptors (Lipinski definition) is 5. The zero-order valence-corrected chi connectivity index (χ0v) is 16.1. The SMILES string of the molecule is CCc1nn(C)c(N(C)CC(=O)Nc2c(C)cc(C)cc2C)c1[N+](=O)[O-]. The van der Waals surface area contributed by atoms with Crippen LogP contribution in [-0.4, -0.2) is 34.2 Å². The maximum Gasteiger partial charge on any atom is 0.334 e. The minimum absolute atomic E-state index is 0.0176. The molecule has 1 N–H and O–H groups in total. The molecule has 8 heteroatoms. The Morgan fingerprint density at radius 1 is 1.31 bits per heavy atom. The van der Waals surface area contributed by atoms with Crippen molar-refractivity contribution < 1.29 is 9.72 Å². The largest absolute Gasteiger partial charge is 0.345 e. The molecule has 26 heavy (non-hydrogen) atoms. The molecule has 0 fully saturated rings. The number of aryl methyl sites for hydroxylation is 5. The molecule has 0 aliphatic rings. The first-order chi connectivity index (χ1) is 12.1. The minimum atomic E-state index is -0.441. The van der Waals surface area contributed by atoms with E-state index in [1.54, 1.807) is 19.0 Å². The Morgan fingerprint density at radius 3 is 2.38 bits per heavy atom. The fourth-order valence-corrected chi connectivity index (χ4v) is 3.26. The molecule has 2 aromatic rings. The average Bonchev–Trinajstić information content (AvgIpc) is 2.87. The molecule has 140 valence electrons. The number of hydrogen-bond donors (Lipinski definition) is 1. The van der Waals surface area contributed by atoms with Gasteiger partial charge in [0.2, 0.25) is 11.7 Å². The summed E-state index contributed by atoms with van der Waals surface area (Å²) in [4.78, 5) is 25.1. The highest BCUT2D eigenvalue weighted by Gasteiger charge is 2.29. The van der Waals surface area contributed by atoms with E-state index in [2.05, 4.69) is 10.4 Å². The van der Waals surface area contributed by atoms with Crippen LogP contribution < -0.4 is 10.2 Å². The van der Waals surface area contributed by atoms with E-state index in [0.717, 1.165) is 22.4 Å². The van der Waals surface area contributed by atoms with E-state index < -0.39 is 4.92 Å². The number of rotatable bonds is 6. The molecule has 1 aromatic heterocycles. The van der Waals surface area contributed by atoms with Crippen molar-refractivity contribution >= 4 is 23.1 Å². The molecule has 2 rings (SSSR count). The molecule has 0 saturated carbocycles. The van der Waals surface area contributed by atoms with Gasteiger partial charge in [-0.3, -0.25) is 14.9 Å². The number of likely N-dealkylation sites (N-methyl/N-ethyl adjacent to an activating group) is 1. The summed E-state index contributed by atoms with van der Waals surface area (Å²) in [5.41, 5.74) is 4.24. The van der Waals surface area contributed by atoms with E-state index in [-0.39, 0.29) is 18.1 Å². The number of nitrogens with zero attached hydrogens (tertiary/aromatic N) is 4. The molecule has 0 bridgehead atoms. The van der Waals surface area contributed by atoms with Crippen LogP contribution in [0.2, 0.25) is 0 Å². The summed E-state index contributed by atoms with van der Waals surface area (Å²) in [7, 11) is 3.29. The predicted octanol–water partition coefficient (Wildman–Crippen LogP) is 2.89. The number of carbonyl (C=O) groups excluding carboxylic acids is 1. The third-order valence-electron chi connectivity index (χ3n) is 4.26. The maximum absolute atomic E-state index is 12.5. The molecule has 0 saturated heterocycles. The number of nitro groups is 1. The highest BCUT2D eigenvalue weighted by atomic mass is 16.6. The Balaban J connectivity index is 2.23. The summed E-state index contributed by atoms with van der Waals surface area (Å²) in [6.45, 7) is 7.69. The lowest BCUT2D eigenvalue weighted by molar-refractivity contribution is -0.384. The van der Waals surface area contributed by atoms with E-state index >= 15 is 0 Å². The van der Waals surface area contributed by atoms with Crippen molar-refractivity contribution in [2.45, 2.75) is 34.1 Å². The summed E-state index contributed by atoms with van der Waals surface area (Å²) in [6.07, 6.45) is 0.450. The normalized spacial score (nSPS) is 10.7. The summed E-state index contributed by atoms with van der Waals surface area (Å²) in [5.74, 6) is 0.0791. The van der Waals surface area contributed by atoms with Crippen molar-refractivity contribution in [2.75, 3.05) is 23.8 Å². The van der Waals surface area contributed by atoms with Crippen LogP contribution in [0.3, 0.4) is 0 Å². The van der Waals surface area contributed by atoms with Gasteiger partial charge < -0.3 is 10.2 Å². The van der Waals surface area contributed by atoms with Gasteiger partial charge in [0.15, 0.2) is 0 Å². The topological polar surface area (TPSA) is 93.3 Å². The highest BCUT2D eigenvalue weighted by molar-refractivity contribution is 5.95. The third-order valence-corrected chi connectivity index (χ3v) is 4.26. The van der Waals surface area contributed by atoms with Crippen LogP contribution in [0, 0.1) is 30.9 Å². The second kappa shape index (κ2) is 7.55. The van der Waals surface area contributed by atoms with Gasteiger partial charge in [-0.05, 0) is 38.3 Å². The van der Waals surface area contributed by atoms with Crippen LogP contribution in [0.25, 0.3) is 0 Å². The summed E-state index contributed by atoms with van der Waals surface area (Å²) >= 11 is 0. The van der Waals surface area contributed by atoms with Gasteiger partial charge in [0.25, 0.3) is 0 Å². The molecule has 0 aliphatic carbocycles. The summed E-state index contributed by atoms with van der Waals surface area (Å²) < 4.78 is 1.45. The summed E-state index contributed by atoms with van der Waals surface area (Å²) in [5, 5.41) is 18.6. The molecular weight excluding hydrogens is 334 g/mol. The second-order valence-corrected chi connectivity index (χ2v) is 6.53. The first kappa shape index (κ1) is 19.4. The Hall–Kier alpha value is -2.90. The monoisotopic (exact) mass is 359 g/mol. The number of benzene rings is 1. The van der Waals surface area contributed by atoms with Crippen LogP contribution in [0.15, 0.2) is 12.1 Å². The molecule has 0 spiro atoms. The Labute approximate surface area is 153 Å². The lowest BCUT2D eigenvalue weighted by Gasteiger charge is -2.19. The van der Waals surface area contributed by atoms with E-state index in [9.17, 15) is 14.9 Å². The van der Waals surface area contributed by atoms with Crippen LogP contribution in [0.1, 0.15) is 29.3 Å². The van der Waals surface area contributed by atoms with E-state index in [1.807, 2.05) is 39.8 Å². The van der Waals surface area contributed by atoms with Gasteiger partial charge in [-0.25, -0.2) is 4.68 Å². The number of aromatic nitrogens is 2. The Kier molecular flexibility index (Phi) is 5.64. The number of amides is 1. The Bertz CT molecular complexity index is 834. The van der Waals surface area contributed by atoms with Gasteiger partial charge in [0.05, 0.1) is 11.5 Å². The van der Waals surface area contributed by atoms with E-state index in [1.165, 1.54) is 4.68 Å². The standard InChI is InChI=1S/C18H25N5O3/c1-7-14-17(23(25)26)18(22(6)20-14)21(5)10-15(24)19-16-12(3)8-11(2)9-13(16)4/h8-9H,7,10H2,1-6H3,(H,19,24). The lowest BCUT2D eigenvalue weighted by atomic mass is 10.1. The van der Waals surface area contributed by atoms with Crippen LogP contribution in [0.5, 0.6) is 0 Å². The lowest BCUT2D eigenvalue weighted by Crippen LogP contribution is -2.32. The quantitative estimate of drug-likeness (QED) is 0.632. The molecule has 0 unspecified atom stereocenters. The van der Waals surface area contributed by atoms with Crippen molar-refractivity contribution in [1.29, 1.82) is 0 Å². The maximum atomic E-state index is 12.5. The van der Waals surface area contributed by atoms with Gasteiger partial charge >= 0.3 is 5.69 Å². The molecule has 8 nitrogen and oxygen atoms in total. The van der Waals surface area contributed by atoms with Crippen molar-refractivity contribution in [3.8, 4) is 0 Å². The molecule has 0 radical (unpaired) electrons. The van der Waals surface area contributed by atoms with Crippen LogP contribution >= 0.6 is 0 Å². The van der Waals surface area contributed by atoms with Gasteiger partial charge in [0, 0.05) is 19.8 Å². The fourth-order valence-electron chi connectivity index (χ4n) is 3.26. The Morgan fingerprint density at radius 2 is 1.88 bits per heavy atom. The van der Waals surface area contributed by atoms with Crippen LogP contribution in [0.4, 0.5) is 17.2 Å². The second-order valence-electron chi connectivity index (χ2n) is 6.53. The zero-order valence-electron chi connectivity index (χ0n) is 16.1. The number of carbonyl (C=O) groups is 1. The molecular formula is C18H25N5O3. The third kappa shape index (κ3) is 3.84. The first-order valence-electron chi connectivity index (χ1n) is 8.44. The van der Waals surface area contributed by atoms with Gasteiger partial charge in [-0.1, -0.05) is 24.6 Å². The number of anilines is 2. The van der Waals surface area contributed by atoms with Crippen molar-refractivity contribution in [1.82, 2.24) is 9.78 Å². The van der Waals surface area contributed by atoms with Gasteiger partial charge in [-0.15, -0.1) is 0 Å².